The van der Waals surface area contributed by atoms with Gasteiger partial charge in [0.25, 0.3) is 5.91 Å². The van der Waals surface area contributed by atoms with Crippen molar-refractivity contribution < 1.29 is 27.4 Å². The Morgan fingerprint density at radius 1 is 1.18 bits per heavy atom. The summed E-state index contributed by atoms with van der Waals surface area (Å²) in [7, 11) is 0. The van der Waals surface area contributed by atoms with Gasteiger partial charge in [0.05, 0.1) is 10.5 Å². The van der Waals surface area contributed by atoms with Crippen LogP contribution in [0.5, 0.6) is 11.5 Å². The number of carbonyl (C=O) groups excluding carboxylic acids is 1. The average Bonchev–Trinajstić information content (AvgIpc) is 2.78. The first-order valence-electron chi connectivity index (χ1n) is 10.5. The SMILES string of the molecule is Cc1cc(N2CCNCC2)nc2ccc(NC(=O)COc3ccc(OC(F)(F)F)cc3Cl)cc12. The van der Waals surface area contributed by atoms with Gasteiger partial charge in [0.15, 0.2) is 6.61 Å². The Morgan fingerprint density at radius 2 is 1.94 bits per heavy atom. The van der Waals surface area contributed by atoms with Crippen LogP contribution in [-0.4, -0.2) is 50.0 Å². The van der Waals surface area contributed by atoms with Crippen molar-refractivity contribution in [1.82, 2.24) is 10.3 Å². The number of carbonyl (C=O) groups is 1. The molecule has 1 aliphatic heterocycles. The number of aromatic nitrogens is 1. The van der Waals surface area contributed by atoms with Crippen LogP contribution in [0, 0.1) is 6.92 Å². The van der Waals surface area contributed by atoms with E-state index in [9.17, 15) is 18.0 Å². The number of hydrogen-bond donors (Lipinski definition) is 2. The first-order valence-corrected chi connectivity index (χ1v) is 10.9. The number of anilines is 2. The predicted octanol–water partition coefficient (Wildman–Crippen LogP) is 4.52. The molecule has 4 rings (SSSR count). The van der Waals surface area contributed by atoms with Gasteiger partial charge < -0.3 is 25.0 Å². The normalized spacial score (nSPS) is 14.2. The molecule has 1 aliphatic rings. The van der Waals surface area contributed by atoms with E-state index in [0.29, 0.717) is 5.69 Å². The van der Waals surface area contributed by atoms with Gasteiger partial charge >= 0.3 is 6.36 Å². The zero-order chi connectivity index (χ0) is 24.3. The highest BCUT2D eigenvalue weighted by atomic mass is 35.5. The van der Waals surface area contributed by atoms with Crippen molar-refractivity contribution in [2.45, 2.75) is 13.3 Å². The minimum atomic E-state index is -4.83. The van der Waals surface area contributed by atoms with Crippen LogP contribution in [0.1, 0.15) is 5.56 Å². The van der Waals surface area contributed by atoms with E-state index in [4.69, 9.17) is 21.3 Å². The van der Waals surface area contributed by atoms with Gasteiger partial charge in [-0.05, 0) is 48.9 Å². The van der Waals surface area contributed by atoms with E-state index in [1.165, 1.54) is 6.07 Å². The third-order valence-electron chi connectivity index (χ3n) is 5.22. The molecule has 0 spiro atoms. The number of piperazine rings is 1. The van der Waals surface area contributed by atoms with E-state index in [-0.39, 0.29) is 17.4 Å². The first-order chi connectivity index (χ1) is 16.2. The fourth-order valence-corrected chi connectivity index (χ4v) is 3.87. The van der Waals surface area contributed by atoms with Gasteiger partial charge in [-0.15, -0.1) is 13.2 Å². The largest absolute Gasteiger partial charge is 0.573 e. The lowest BCUT2D eigenvalue weighted by molar-refractivity contribution is -0.274. The number of pyridine rings is 1. The van der Waals surface area contributed by atoms with Crippen LogP contribution in [0.15, 0.2) is 42.5 Å². The molecule has 2 N–H and O–H groups in total. The highest BCUT2D eigenvalue weighted by molar-refractivity contribution is 6.32. The van der Waals surface area contributed by atoms with E-state index in [2.05, 4.69) is 20.3 Å². The standard InChI is InChI=1S/C23H22ClF3N4O3/c1-14-10-21(31-8-6-28-7-9-31)30-19-4-2-15(11-17(14)19)29-22(32)13-33-20-5-3-16(12-18(20)24)34-23(25,26)27/h2-5,10-12,28H,6-9,13H2,1H3,(H,29,32). The number of alkyl halides is 3. The molecule has 1 saturated heterocycles. The summed E-state index contributed by atoms with van der Waals surface area (Å²) in [4.78, 5) is 19.4. The van der Waals surface area contributed by atoms with Gasteiger partial charge in [0.1, 0.15) is 17.3 Å². The molecule has 1 amide bonds. The van der Waals surface area contributed by atoms with Crippen molar-refractivity contribution in [3.63, 3.8) is 0 Å². The fourth-order valence-electron chi connectivity index (χ4n) is 3.65. The second-order valence-corrected chi connectivity index (χ2v) is 8.15. The maximum atomic E-state index is 12.4. The summed E-state index contributed by atoms with van der Waals surface area (Å²) in [5.41, 5.74) is 2.44. The second-order valence-electron chi connectivity index (χ2n) is 7.74. The Hall–Kier alpha value is -3.24. The van der Waals surface area contributed by atoms with E-state index in [1.807, 2.05) is 25.1 Å². The molecule has 180 valence electrons. The number of rotatable bonds is 6. The summed E-state index contributed by atoms with van der Waals surface area (Å²) in [6, 6.07) is 10.7. The molecule has 0 unspecified atom stereocenters. The molecule has 0 bridgehead atoms. The highest BCUT2D eigenvalue weighted by Gasteiger charge is 2.31. The molecule has 1 fully saturated rings. The molecule has 11 heteroatoms. The molecule has 0 radical (unpaired) electrons. The summed E-state index contributed by atoms with van der Waals surface area (Å²) in [6.45, 7) is 5.25. The number of nitrogens with zero attached hydrogens (tertiary/aromatic N) is 2. The van der Waals surface area contributed by atoms with Crippen LogP contribution < -0.4 is 25.0 Å². The summed E-state index contributed by atoms with van der Waals surface area (Å²) < 4.78 is 46.1. The van der Waals surface area contributed by atoms with Crippen molar-refractivity contribution in [2.75, 3.05) is 43.0 Å². The molecular weight excluding hydrogens is 473 g/mol. The van der Waals surface area contributed by atoms with Crippen molar-refractivity contribution in [2.24, 2.45) is 0 Å². The van der Waals surface area contributed by atoms with E-state index in [1.54, 1.807) is 6.07 Å². The quantitative estimate of drug-likeness (QED) is 0.525. The van der Waals surface area contributed by atoms with E-state index >= 15 is 0 Å². The Bertz CT molecular complexity index is 1200. The lowest BCUT2D eigenvalue weighted by Crippen LogP contribution is -2.43. The molecular formula is C23H22ClF3N4O3. The number of benzene rings is 2. The average molecular weight is 495 g/mol. The summed E-state index contributed by atoms with van der Waals surface area (Å²) in [6.07, 6.45) is -4.83. The van der Waals surface area contributed by atoms with Gasteiger partial charge in [-0.25, -0.2) is 4.98 Å². The van der Waals surface area contributed by atoms with Crippen molar-refractivity contribution in [1.29, 1.82) is 0 Å². The molecule has 0 atom stereocenters. The van der Waals surface area contributed by atoms with Gasteiger partial charge in [-0.1, -0.05) is 11.6 Å². The Balaban J connectivity index is 1.39. The number of nitrogens with one attached hydrogen (secondary N) is 2. The number of fused-ring (bicyclic) bond motifs is 1. The third-order valence-corrected chi connectivity index (χ3v) is 5.52. The van der Waals surface area contributed by atoms with Crippen LogP contribution in [0.4, 0.5) is 24.7 Å². The Morgan fingerprint density at radius 3 is 2.65 bits per heavy atom. The number of amides is 1. The molecule has 1 aromatic heterocycles. The Labute approximate surface area is 198 Å². The molecule has 2 heterocycles. The van der Waals surface area contributed by atoms with Gasteiger partial charge in [-0.2, -0.15) is 0 Å². The maximum absolute atomic E-state index is 12.4. The molecule has 3 aromatic rings. The van der Waals surface area contributed by atoms with Crippen LogP contribution in [0.2, 0.25) is 5.02 Å². The predicted molar refractivity (Wildman–Crippen MR) is 124 cm³/mol. The number of ether oxygens (including phenoxy) is 2. The third kappa shape index (κ3) is 6.00. The molecule has 0 saturated carbocycles. The van der Waals surface area contributed by atoms with Crippen molar-refractivity contribution in [3.05, 3.63) is 53.1 Å². The zero-order valence-electron chi connectivity index (χ0n) is 18.2. The van der Waals surface area contributed by atoms with Crippen LogP contribution >= 0.6 is 11.6 Å². The lowest BCUT2D eigenvalue weighted by Gasteiger charge is -2.29. The van der Waals surface area contributed by atoms with Crippen LogP contribution in [0.3, 0.4) is 0 Å². The number of hydrogen-bond acceptors (Lipinski definition) is 6. The molecule has 2 aromatic carbocycles. The zero-order valence-corrected chi connectivity index (χ0v) is 19.0. The molecule has 34 heavy (non-hydrogen) atoms. The number of halogens is 4. The van der Waals surface area contributed by atoms with Crippen LogP contribution in [-0.2, 0) is 4.79 Å². The first kappa shape index (κ1) is 23.9. The topological polar surface area (TPSA) is 75.7 Å². The van der Waals surface area contributed by atoms with Crippen LogP contribution in [0.25, 0.3) is 10.9 Å². The molecule has 0 aliphatic carbocycles. The maximum Gasteiger partial charge on any atom is 0.573 e. The monoisotopic (exact) mass is 494 g/mol. The second kappa shape index (κ2) is 9.94. The summed E-state index contributed by atoms with van der Waals surface area (Å²) in [5.74, 6) is 0.0641. The summed E-state index contributed by atoms with van der Waals surface area (Å²) in [5, 5.41) is 6.88. The smallest absolute Gasteiger partial charge is 0.482 e. The Kier molecular flexibility index (Phi) is 6.99. The highest BCUT2D eigenvalue weighted by Crippen LogP contribution is 2.32. The van der Waals surface area contributed by atoms with Gasteiger partial charge in [-0.3, -0.25) is 4.79 Å². The molecule has 7 nitrogen and oxygen atoms in total. The lowest BCUT2D eigenvalue weighted by atomic mass is 10.1. The van der Waals surface area contributed by atoms with Gasteiger partial charge in [0, 0.05) is 43.3 Å². The number of aryl methyl sites for hydroxylation is 1. The van der Waals surface area contributed by atoms with Crippen molar-refractivity contribution in [3.8, 4) is 11.5 Å². The fraction of sp³-hybridized carbons (Fsp3) is 0.304. The van der Waals surface area contributed by atoms with Gasteiger partial charge in [0.2, 0.25) is 0 Å². The minimum absolute atomic E-state index is 0.0605. The summed E-state index contributed by atoms with van der Waals surface area (Å²) >= 11 is 5.94. The minimum Gasteiger partial charge on any atom is -0.482 e. The van der Waals surface area contributed by atoms with Crippen molar-refractivity contribution >= 4 is 39.9 Å². The van der Waals surface area contributed by atoms with E-state index < -0.39 is 18.0 Å². The van der Waals surface area contributed by atoms with E-state index in [0.717, 1.165) is 60.6 Å².